The Bertz CT molecular complexity index is 667. The quantitative estimate of drug-likeness (QED) is 0.766. The molecule has 2 saturated heterocycles. The molecule has 2 aliphatic heterocycles. The predicted molar refractivity (Wildman–Crippen MR) is 93.0 cm³/mol. The smallest absolute Gasteiger partial charge is 0.337 e. The fourth-order valence-corrected chi connectivity index (χ4v) is 3.58. The molecular formula is C20H24O5. The first-order chi connectivity index (χ1) is 12.0. The number of hydrogen-bond acceptors (Lipinski definition) is 5. The Balaban J connectivity index is 1.66. The van der Waals surface area contributed by atoms with Crippen molar-refractivity contribution in [3.63, 3.8) is 0 Å². The molecule has 0 amide bonds. The minimum Gasteiger partial charge on any atom is -0.465 e. The maximum Gasteiger partial charge on any atom is 0.337 e. The monoisotopic (exact) mass is 344 g/mol. The van der Waals surface area contributed by atoms with Crippen LogP contribution in [0.2, 0.25) is 0 Å². The Hall–Kier alpha value is -2.14. The molecule has 5 nitrogen and oxygen atoms in total. The van der Waals surface area contributed by atoms with Gasteiger partial charge in [-0.25, -0.2) is 4.79 Å². The van der Waals surface area contributed by atoms with E-state index in [4.69, 9.17) is 14.2 Å². The Kier molecular flexibility index (Phi) is 4.95. The molecule has 4 rings (SSSR count). The minimum absolute atomic E-state index is 0.0218. The molecule has 5 heteroatoms. The summed E-state index contributed by atoms with van der Waals surface area (Å²) in [5.74, 6) is -0.572. The predicted octanol–water partition coefficient (Wildman–Crippen LogP) is 3.38. The first kappa shape index (κ1) is 17.7. The molecule has 134 valence electrons. The molecular weight excluding hydrogens is 320 g/mol. The zero-order valence-corrected chi connectivity index (χ0v) is 14.7. The fourth-order valence-electron chi connectivity index (χ4n) is 3.58. The van der Waals surface area contributed by atoms with Gasteiger partial charge in [0.25, 0.3) is 0 Å². The summed E-state index contributed by atoms with van der Waals surface area (Å²) >= 11 is 0. The van der Waals surface area contributed by atoms with Crippen LogP contribution in [0.5, 0.6) is 0 Å². The molecule has 1 aliphatic carbocycles. The first-order valence-electron chi connectivity index (χ1n) is 8.61. The molecule has 0 spiro atoms. The average molecular weight is 344 g/mol. The lowest BCUT2D eigenvalue weighted by molar-refractivity contribution is -0.182. The van der Waals surface area contributed by atoms with Gasteiger partial charge in [0.2, 0.25) is 0 Å². The summed E-state index contributed by atoms with van der Waals surface area (Å²) in [4.78, 5) is 22.7. The number of ether oxygens (including phenoxy) is 3. The standard InChI is InChI=1S/C20H24O5/c1-15(21)24-13-19-8-10-20(11-9-19,25-14-19)7-6-16-4-3-5-17(12-16)18(22)23-2/h3-7,12H,8-11,13-14H2,1-2H3/b7-6+. The van der Waals surface area contributed by atoms with Gasteiger partial charge in [0.15, 0.2) is 0 Å². The van der Waals surface area contributed by atoms with E-state index in [1.54, 1.807) is 6.07 Å². The van der Waals surface area contributed by atoms with Crippen molar-refractivity contribution >= 4 is 18.0 Å². The maximum absolute atomic E-state index is 11.6. The van der Waals surface area contributed by atoms with Crippen molar-refractivity contribution in [3.8, 4) is 0 Å². The van der Waals surface area contributed by atoms with Crippen LogP contribution in [0, 0.1) is 5.41 Å². The van der Waals surface area contributed by atoms with Gasteiger partial charge < -0.3 is 14.2 Å². The second kappa shape index (κ2) is 7.00. The van der Waals surface area contributed by atoms with Crippen molar-refractivity contribution in [3.05, 3.63) is 41.5 Å². The van der Waals surface area contributed by atoms with Gasteiger partial charge in [-0.3, -0.25) is 4.79 Å². The van der Waals surface area contributed by atoms with E-state index in [2.05, 4.69) is 6.08 Å². The summed E-state index contributed by atoms with van der Waals surface area (Å²) in [5.41, 5.74) is 1.21. The van der Waals surface area contributed by atoms with Crippen LogP contribution in [0.4, 0.5) is 0 Å². The molecule has 0 N–H and O–H groups in total. The van der Waals surface area contributed by atoms with Crippen LogP contribution in [0.25, 0.3) is 6.08 Å². The van der Waals surface area contributed by atoms with Gasteiger partial charge in [-0.15, -0.1) is 0 Å². The van der Waals surface area contributed by atoms with Crippen molar-refractivity contribution in [2.24, 2.45) is 5.41 Å². The van der Waals surface area contributed by atoms with Gasteiger partial charge in [0.05, 0.1) is 31.5 Å². The molecule has 0 atom stereocenters. The van der Waals surface area contributed by atoms with Crippen LogP contribution in [-0.2, 0) is 19.0 Å². The topological polar surface area (TPSA) is 61.8 Å². The Morgan fingerprint density at radius 3 is 2.60 bits per heavy atom. The number of hydrogen-bond donors (Lipinski definition) is 0. The Morgan fingerprint density at radius 1 is 1.24 bits per heavy atom. The third-order valence-electron chi connectivity index (χ3n) is 5.29. The number of methoxy groups -OCH3 is 1. The Morgan fingerprint density at radius 2 is 2.00 bits per heavy atom. The highest BCUT2D eigenvalue weighted by Gasteiger charge is 2.49. The summed E-state index contributed by atoms with van der Waals surface area (Å²) < 4.78 is 16.1. The number of carbonyl (C=O) groups is 2. The fraction of sp³-hybridized carbons (Fsp3) is 0.500. The normalized spacial score (nSPS) is 28.1. The summed E-state index contributed by atoms with van der Waals surface area (Å²) in [6.07, 6.45) is 7.94. The lowest BCUT2D eigenvalue weighted by atomic mass is 9.66. The SMILES string of the molecule is COC(=O)c1cccc(/C=C/C23CCC(COC(C)=O)(CC2)CO3)c1. The molecule has 1 saturated carbocycles. The summed E-state index contributed by atoms with van der Waals surface area (Å²) in [7, 11) is 1.38. The third-order valence-corrected chi connectivity index (χ3v) is 5.29. The zero-order chi connectivity index (χ0) is 17.9. The third kappa shape index (κ3) is 3.93. The van der Waals surface area contributed by atoms with Gasteiger partial charge in [0.1, 0.15) is 0 Å². The van der Waals surface area contributed by atoms with Gasteiger partial charge in [-0.05, 0) is 43.4 Å². The van der Waals surface area contributed by atoms with Crippen molar-refractivity contribution in [1.82, 2.24) is 0 Å². The summed E-state index contributed by atoms with van der Waals surface area (Å²) in [5, 5.41) is 0. The summed E-state index contributed by atoms with van der Waals surface area (Å²) in [6.45, 7) is 2.51. The number of fused-ring (bicyclic) bond motifs is 3. The minimum atomic E-state index is -0.338. The molecule has 0 radical (unpaired) electrons. The van der Waals surface area contributed by atoms with E-state index in [1.165, 1.54) is 14.0 Å². The van der Waals surface area contributed by atoms with Crippen LogP contribution in [0.3, 0.4) is 0 Å². The largest absolute Gasteiger partial charge is 0.465 e. The molecule has 3 aliphatic rings. The first-order valence-corrected chi connectivity index (χ1v) is 8.61. The van der Waals surface area contributed by atoms with Crippen LogP contribution in [-0.4, -0.2) is 37.9 Å². The van der Waals surface area contributed by atoms with Crippen LogP contribution >= 0.6 is 0 Å². The number of rotatable bonds is 5. The van der Waals surface area contributed by atoms with Crippen molar-refractivity contribution in [1.29, 1.82) is 0 Å². The lowest BCUT2D eigenvalue weighted by Crippen LogP contribution is -2.52. The van der Waals surface area contributed by atoms with Crippen LogP contribution in [0.15, 0.2) is 30.3 Å². The highest BCUT2D eigenvalue weighted by atomic mass is 16.5. The molecule has 25 heavy (non-hydrogen) atoms. The van der Waals surface area contributed by atoms with E-state index in [0.717, 1.165) is 31.2 Å². The molecule has 0 unspecified atom stereocenters. The zero-order valence-electron chi connectivity index (χ0n) is 14.7. The highest BCUT2D eigenvalue weighted by Crippen LogP contribution is 2.49. The average Bonchev–Trinajstić information content (AvgIpc) is 2.66. The van der Waals surface area contributed by atoms with E-state index in [9.17, 15) is 9.59 Å². The molecule has 3 fully saturated rings. The van der Waals surface area contributed by atoms with E-state index in [0.29, 0.717) is 18.8 Å². The van der Waals surface area contributed by atoms with Gasteiger partial charge in [-0.1, -0.05) is 24.3 Å². The van der Waals surface area contributed by atoms with Crippen LogP contribution < -0.4 is 0 Å². The van der Waals surface area contributed by atoms with E-state index >= 15 is 0 Å². The molecule has 2 bridgehead atoms. The lowest BCUT2D eigenvalue weighted by Gasteiger charge is -2.51. The molecule has 2 heterocycles. The van der Waals surface area contributed by atoms with E-state index in [1.807, 2.05) is 24.3 Å². The van der Waals surface area contributed by atoms with Gasteiger partial charge in [0, 0.05) is 12.3 Å². The second-order valence-corrected chi connectivity index (χ2v) is 7.08. The second-order valence-electron chi connectivity index (χ2n) is 7.08. The van der Waals surface area contributed by atoms with Crippen LogP contribution in [0.1, 0.15) is 48.5 Å². The number of carbonyl (C=O) groups excluding carboxylic acids is 2. The molecule has 1 aromatic carbocycles. The van der Waals surface area contributed by atoms with Gasteiger partial charge >= 0.3 is 11.9 Å². The van der Waals surface area contributed by atoms with Crippen molar-refractivity contribution in [2.45, 2.75) is 38.2 Å². The highest BCUT2D eigenvalue weighted by molar-refractivity contribution is 5.90. The maximum atomic E-state index is 11.6. The summed E-state index contributed by atoms with van der Waals surface area (Å²) in [6, 6.07) is 7.35. The van der Waals surface area contributed by atoms with E-state index < -0.39 is 0 Å². The molecule has 0 aromatic heterocycles. The van der Waals surface area contributed by atoms with Crippen molar-refractivity contribution < 1.29 is 23.8 Å². The number of benzene rings is 1. The number of esters is 2. The van der Waals surface area contributed by atoms with Crippen molar-refractivity contribution in [2.75, 3.05) is 20.3 Å². The molecule has 1 aromatic rings. The van der Waals surface area contributed by atoms with E-state index in [-0.39, 0.29) is 23.0 Å². The van der Waals surface area contributed by atoms with Gasteiger partial charge in [-0.2, -0.15) is 0 Å². The Labute approximate surface area is 148 Å².